The Balaban J connectivity index is 0.00000242. The lowest BCUT2D eigenvalue weighted by molar-refractivity contribution is 0.0923. The lowest BCUT2D eigenvalue weighted by atomic mass is 9.77. The average molecular weight is 337 g/mol. The first kappa shape index (κ1) is 18.8. The Morgan fingerprint density at radius 2 is 2.00 bits per heavy atom. The quantitative estimate of drug-likeness (QED) is 0.833. The van der Waals surface area contributed by atoms with Gasteiger partial charge in [-0.1, -0.05) is 13.8 Å². The molecule has 2 rings (SSSR count). The van der Waals surface area contributed by atoms with E-state index in [0.717, 1.165) is 31.5 Å². The van der Waals surface area contributed by atoms with Crippen molar-refractivity contribution in [2.75, 3.05) is 13.1 Å². The summed E-state index contributed by atoms with van der Waals surface area (Å²) in [4.78, 5) is 11.9. The molecule has 1 aromatic rings. The predicted octanol–water partition coefficient (Wildman–Crippen LogP) is 3.03. The average Bonchev–Trinajstić information content (AvgIpc) is 2.43. The highest BCUT2D eigenvalue weighted by molar-refractivity contribution is 5.94. The lowest BCUT2D eigenvalue weighted by Gasteiger charge is -2.39. The summed E-state index contributed by atoms with van der Waals surface area (Å²) in [5.41, 5.74) is -0.472. The smallest absolute Gasteiger partial charge is 0.254 e. The highest BCUT2D eigenvalue weighted by atomic mass is 35.5. The van der Waals surface area contributed by atoms with Crippen molar-refractivity contribution in [1.29, 1.82) is 0 Å². The van der Waals surface area contributed by atoms with Crippen molar-refractivity contribution in [1.82, 2.24) is 10.6 Å². The summed E-state index contributed by atoms with van der Waals surface area (Å²) in [6.07, 6.45) is 2.09. The molecular formula is C15H20ClF3N2O. The number of halogens is 4. The van der Waals surface area contributed by atoms with Crippen LogP contribution in [0.5, 0.6) is 0 Å². The van der Waals surface area contributed by atoms with Gasteiger partial charge in [-0.05, 0) is 36.9 Å². The molecule has 1 amide bonds. The van der Waals surface area contributed by atoms with Gasteiger partial charge >= 0.3 is 0 Å². The number of benzene rings is 1. The van der Waals surface area contributed by atoms with Crippen molar-refractivity contribution < 1.29 is 18.0 Å². The van der Waals surface area contributed by atoms with E-state index < -0.39 is 28.9 Å². The van der Waals surface area contributed by atoms with Gasteiger partial charge in [0.15, 0.2) is 17.5 Å². The van der Waals surface area contributed by atoms with Gasteiger partial charge in [0.25, 0.3) is 5.91 Å². The molecular weight excluding hydrogens is 317 g/mol. The van der Waals surface area contributed by atoms with E-state index in [9.17, 15) is 18.0 Å². The molecule has 22 heavy (non-hydrogen) atoms. The summed E-state index contributed by atoms with van der Waals surface area (Å²) < 4.78 is 39.5. The van der Waals surface area contributed by atoms with Gasteiger partial charge in [0.1, 0.15) is 0 Å². The SMILES string of the molecule is CC1(C)CCCNC1CNC(=O)c1ccc(F)c(F)c1F.Cl. The van der Waals surface area contributed by atoms with Crippen LogP contribution in [-0.4, -0.2) is 25.0 Å². The van der Waals surface area contributed by atoms with Gasteiger partial charge in [-0.2, -0.15) is 0 Å². The van der Waals surface area contributed by atoms with Crippen molar-refractivity contribution >= 4 is 18.3 Å². The van der Waals surface area contributed by atoms with Gasteiger partial charge < -0.3 is 10.6 Å². The van der Waals surface area contributed by atoms with Crippen LogP contribution in [0.25, 0.3) is 0 Å². The van der Waals surface area contributed by atoms with E-state index in [1.807, 2.05) is 0 Å². The first-order valence-corrected chi connectivity index (χ1v) is 6.98. The molecule has 124 valence electrons. The van der Waals surface area contributed by atoms with Crippen molar-refractivity contribution in [3.8, 4) is 0 Å². The summed E-state index contributed by atoms with van der Waals surface area (Å²) in [5.74, 6) is -5.13. The van der Waals surface area contributed by atoms with Gasteiger partial charge in [0.05, 0.1) is 5.56 Å². The van der Waals surface area contributed by atoms with E-state index in [-0.39, 0.29) is 23.9 Å². The number of amides is 1. The number of piperidine rings is 1. The molecule has 0 bridgehead atoms. The van der Waals surface area contributed by atoms with Crippen LogP contribution in [0.15, 0.2) is 12.1 Å². The van der Waals surface area contributed by atoms with Crippen molar-refractivity contribution in [3.63, 3.8) is 0 Å². The van der Waals surface area contributed by atoms with Crippen LogP contribution in [-0.2, 0) is 0 Å². The summed E-state index contributed by atoms with van der Waals surface area (Å²) in [6.45, 7) is 5.36. The molecule has 1 unspecified atom stereocenters. The van der Waals surface area contributed by atoms with Crippen molar-refractivity contribution in [2.24, 2.45) is 5.41 Å². The van der Waals surface area contributed by atoms with E-state index in [1.54, 1.807) is 0 Å². The monoisotopic (exact) mass is 336 g/mol. The van der Waals surface area contributed by atoms with Gasteiger partial charge in [0, 0.05) is 12.6 Å². The van der Waals surface area contributed by atoms with E-state index in [1.165, 1.54) is 0 Å². The second-order valence-corrected chi connectivity index (χ2v) is 6.03. The Labute approximate surface area is 134 Å². The second-order valence-electron chi connectivity index (χ2n) is 6.03. The van der Waals surface area contributed by atoms with E-state index in [4.69, 9.17) is 0 Å². The zero-order valence-corrected chi connectivity index (χ0v) is 13.3. The molecule has 1 saturated heterocycles. The molecule has 7 heteroatoms. The van der Waals surface area contributed by atoms with Gasteiger partial charge in [-0.15, -0.1) is 12.4 Å². The van der Waals surface area contributed by atoms with Crippen molar-refractivity contribution in [3.05, 3.63) is 35.1 Å². The highest BCUT2D eigenvalue weighted by Crippen LogP contribution is 2.29. The molecule has 0 aromatic heterocycles. The minimum atomic E-state index is -1.63. The fraction of sp³-hybridized carbons (Fsp3) is 0.533. The molecule has 2 N–H and O–H groups in total. The maximum absolute atomic E-state index is 13.5. The predicted molar refractivity (Wildman–Crippen MR) is 80.7 cm³/mol. The third-order valence-electron chi connectivity index (χ3n) is 4.08. The van der Waals surface area contributed by atoms with Crippen LogP contribution in [0.2, 0.25) is 0 Å². The van der Waals surface area contributed by atoms with Crippen LogP contribution < -0.4 is 10.6 Å². The number of hydrogen-bond donors (Lipinski definition) is 2. The molecule has 0 aliphatic carbocycles. The number of nitrogens with one attached hydrogen (secondary N) is 2. The lowest BCUT2D eigenvalue weighted by Crippen LogP contribution is -2.52. The van der Waals surface area contributed by atoms with Crippen LogP contribution in [0, 0.1) is 22.9 Å². The largest absolute Gasteiger partial charge is 0.350 e. The topological polar surface area (TPSA) is 41.1 Å². The molecule has 1 aliphatic heterocycles. The summed E-state index contributed by atoms with van der Waals surface area (Å²) in [5, 5.41) is 5.89. The maximum atomic E-state index is 13.5. The van der Waals surface area contributed by atoms with Crippen LogP contribution in [0.3, 0.4) is 0 Å². The summed E-state index contributed by atoms with van der Waals surface area (Å²) in [7, 11) is 0. The van der Waals surface area contributed by atoms with Crippen LogP contribution in [0.1, 0.15) is 37.0 Å². The Hall–Kier alpha value is -1.27. The standard InChI is InChI=1S/C15H19F3N2O.ClH/c1-15(2)6-3-7-19-11(15)8-20-14(21)9-4-5-10(16)13(18)12(9)17;/h4-5,11,19H,3,6-8H2,1-2H3,(H,20,21);1H. The number of rotatable bonds is 3. The zero-order chi connectivity index (χ0) is 15.6. The Morgan fingerprint density at radius 3 is 2.64 bits per heavy atom. The zero-order valence-electron chi connectivity index (χ0n) is 12.5. The molecule has 0 spiro atoms. The molecule has 3 nitrogen and oxygen atoms in total. The number of carbonyl (C=O) groups is 1. The maximum Gasteiger partial charge on any atom is 0.254 e. The summed E-state index contributed by atoms with van der Waals surface area (Å²) in [6, 6.07) is 1.75. The van der Waals surface area contributed by atoms with Crippen LogP contribution in [0.4, 0.5) is 13.2 Å². The Kier molecular flexibility index (Phi) is 6.26. The molecule has 1 fully saturated rings. The first-order chi connectivity index (χ1) is 9.83. The number of carbonyl (C=O) groups excluding carboxylic acids is 1. The van der Waals surface area contributed by atoms with Gasteiger partial charge in [-0.3, -0.25) is 4.79 Å². The molecule has 1 aliphatic rings. The number of hydrogen-bond acceptors (Lipinski definition) is 2. The van der Waals surface area contributed by atoms with Gasteiger partial charge in [0.2, 0.25) is 0 Å². The molecule has 1 aromatic carbocycles. The van der Waals surface area contributed by atoms with Gasteiger partial charge in [-0.25, -0.2) is 13.2 Å². The van der Waals surface area contributed by atoms with Crippen molar-refractivity contribution in [2.45, 2.75) is 32.7 Å². The third-order valence-corrected chi connectivity index (χ3v) is 4.08. The Bertz CT molecular complexity index is 552. The van der Waals surface area contributed by atoms with E-state index in [0.29, 0.717) is 6.54 Å². The highest BCUT2D eigenvalue weighted by Gasteiger charge is 2.32. The molecule has 1 atom stereocenters. The fourth-order valence-corrected chi connectivity index (χ4v) is 2.61. The second kappa shape index (κ2) is 7.33. The third kappa shape index (κ3) is 3.93. The molecule has 0 radical (unpaired) electrons. The normalized spacial score (nSPS) is 20.1. The fourth-order valence-electron chi connectivity index (χ4n) is 2.61. The first-order valence-electron chi connectivity index (χ1n) is 6.98. The minimum absolute atomic E-state index is 0. The molecule has 0 saturated carbocycles. The van der Waals surface area contributed by atoms with E-state index >= 15 is 0 Å². The molecule has 1 heterocycles. The van der Waals surface area contributed by atoms with E-state index in [2.05, 4.69) is 24.5 Å². The Morgan fingerprint density at radius 1 is 1.32 bits per heavy atom. The van der Waals surface area contributed by atoms with Crippen LogP contribution >= 0.6 is 12.4 Å². The summed E-state index contributed by atoms with van der Waals surface area (Å²) >= 11 is 0. The minimum Gasteiger partial charge on any atom is -0.350 e.